The average Bonchev–Trinajstić information content (AvgIpc) is 2.94. The third kappa shape index (κ3) is 6.20. The van der Waals surface area contributed by atoms with Crippen molar-refractivity contribution < 1.29 is 14.2 Å². The van der Waals surface area contributed by atoms with Crippen molar-refractivity contribution in [3.8, 4) is 11.5 Å². The van der Waals surface area contributed by atoms with E-state index in [2.05, 4.69) is 53.5 Å². The predicted molar refractivity (Wildman–Crippen MR) is 145 cm³/mol. The van der Waals surface area contributed by atoms with Crippen LogP contribution in [0.3, 0.4) is 0 Å². The fraction of sp³-hybridized carbons (Fsp3) is 0.207. The summed E-state index contributed by atoms with van der Waals surface area (Å²) in [5.41, 5.74) is 2.40. The van der Waals surface area contributed by atoms with E-state index in [0.29, 0.717) is 6.61 Å². The Balaban J connectivity index is 1.61. The Hall–Kier alpha value is -2.93. The Morgan fingerprint density at radius 2 is 1.26 bits per heavy atom. The molecule has 180 valence electrons. The zero-order chi connectivity index (χ0) is 24.3. The molecule has 1 aromatic heterocycles. The Labute approximate surface area is 215 Å². The van der Waals surface area contributed by atoms with Gasteiger partial charge in [0.2, 0.25) is 0 Å². The standard InChI is InChI=1S/C29H29NO3S2/c1-31-26-16-12-24(13-17-26)29(23-9-4-3-5-10-23,25-14-18-27(32-2)19-15-25)33-21-8-22-34-35-28-11-6-7-20-30-28/h3-7,9-20H,8,21-22H2,1-2H3. The summed E-state index contributed by atoms with van der Waals surface area (Å²) >= 11 is 0. The van der Waals surface area contributed by atoms with Gasteiger partial charge in [0.1, 0.15) is 22.1 Å². The summed E-state index contributed by atoms with van der Waals surface area (Å²) in [4.78, 5) is 4.37. The van der Waals surface area contributed by atoms with Crippen molar-refractivity contribution in [2.75, 3.05) is 26.6 Å². The third-order valence-electron chi connectivity index (χ3n) is 5.65. The van der Waals surface area contributed by atoms with E-state index in [1.165, 1.54) is 0 Å². The highest BCUT2D eigenvalue weighted by Gasteiger charge is 2.37. The minimum atomic E-state index is -0.765. The molecule has 0 fully saturated rings. The van der Waals surface area contributed by atoms with Gasteiger partial charge in [-0.25, -0.2) is 4.98 Å². The van der Waals surface area contributed by atoms with E-state index in [-0.39, 0.29) is 0 Å². The van der Waals surface area contributed by atoms with Crippen LogP contribution in [0.1, 0.15) is 23.1 Å². The Bertz CT molecular complexity index is 1110. The molecule has 0 aliphatic rings. The third-order valence-corrected chi connectivity index (χ3v) is 8.00. The van der Waals surface area contributed by atoms with Crippen LogP contribution in [-0.4, -0.2) is 31.6 Å². The van der Waals surface area contributed by atoms with Gasteiger partial charge >= 0.3 is 0 Å². The number of ether oxygens (including phenoxy) is 3. The second kappa shape index (κ2) is 12.7. The quantitative estimate of drug-likeness (QED) is 0.115. The van der Waals surface area contributed by atoms with Crippen LogP contribution in [0.5, 0.6) is 11.5 Å². The second-order valence-electron chi connectivity index (χ2n) is 7.78. The van der Waals surface area contributed by atoms with Crippen LogP contribution < -0.4 is 9.47 Å². The van der Waals surface area contributed by atoms with E-state index in [1.54, 1.807) is 35.8 Å². The summed E-state index contributed by atoms with van der Waals surface area (Å²) in [5, 5.41) is 1.02. The van der Waals surface area contributed by atoms with Gasteiger partial charge in [0, 0.05) is 18.6 Å². The highest BCUT2D eigenvalue weighted by molar-refractivity contribution is 8.76. The first-order valence-corrected chi connectivity index (χ1v) is 13.8. The molecule has 3 aromatic carbocycles. The normalized spacial score (nSPS) is 11.3. The number of hydrogen-bond acceptors (Lipinski definition) is 6. The van der Waals surface area contributed by atoms with Gasteiger partial charge in [-0.15, -0.1) is 0 Å². The Morgan fingerprint density at radius 3 is 1.80 bits per heavy atom. The van der Waals surface area contributed by atoms with Gasteiger partial charge in [-0.1, -0.05) is 71.5 Å². The summed E-state index contributed by atoms with van der Waals surface area (Å²) in [6.07, 6.45) is 2.73. The van der Waals surface area contributed by atoms with Gasteiger partial charge < -0.3 is 14.2 Å². The molecular weight excluding hydrogens is 474 g/mol. The van der Waals surface area contributed by atoms with Gasteiger partial charge in [0.15, 0.2) is 0 Å². The van der Waals surface area contributed by atoms with Crippen LogP contribution in [0.15, 0.2) is 108 Å². The fourth-order valence-electron chi connectivity index (χ4n) is 3.92. The van der Waals surface area contributed by atoms with Crippen LogP contribution >= 0.6 is 21.6 Å². The second-order valence-corrected chi connectivity index (χ2v) is 10.2. The SMILES string of the molecule is COc1ccc(C(OCCCSSc2ccccn2)(c2ccccc2)c2ccc(OC)cc2)cc1. The van der Waals surface area contributed by atoms with Gasteiger partial charge in [0.05, 0.1) is 14.2 Å². The van der Waals surface area contributed by atoms with Crippen molar-refractivity contribution in [2.24, 2.45) is 0 Å². The minimum absolute atomic E-state index is 0.600. The lowest BCUT2D eigenvalue weighted by Gasteiger charge is -2.36. The summed E-state index contributed by atoms with van der Waals surface area (Å²) in [5.74, 6) is 2.58. The van der Waals surface area contributed by atoms with Crippen LogP contribution in [0, 0.1) is 0 Å². The molecule has 0 saturated carbocycles. The maximum atomic E-state index is 6.87. The van der Waals surface area contributed by atoms with Crippen molar-refractivity contribution in [2.45, 2.75) is 17.0 Å². The van der Waals surface area contributed by atoms with Crippen molar-refractivity contribution >= 4 is 21.6 Å². The fourth-order valence-corrected chi connectivity index (χ4v) is 5.86. The summed E-state index contributed by atoms with van der Waals surface area (Å²) in [6.45, 7) is 0.600. The van der Waals surface area contributed by atoms with Crippen LogP contribution in [0.4, 0.5) is 0 Å². The predicted octanol–water partition coefficient (Wildman–Crippen LogP) is 7.24. The molecule has 0 aliphatic heterocycles. The number of methoxy groups -OCH3 is 2. The molecule has 0 aliphatic carbocycles. The summed E-state index contributed by atoms with van der Waals surface area (Å²) < 4.78 is 17.7. The highest BCUT2D eigenvalue weighted by Crippen LogP contribution is 2.42. The first kappa shape index (κ1) is 25.2. The molecule has 35 heavy (non-hydrogen) atoms. The summed E-state index contributed by atoms with van der Waals surface area (Å²) in [6, 6.07) is 32.6. The molecule has 0 bridgehead atoms. The van der Waals surface area contributed by atoms with Crippen molar-refractivity contribution in [3.63, 3.8) is 0 Å². The average molecular weight is 504 g/mol. The molecule has 0 saturated heterocycles. The van der Waals surface area contributed by atoms with Gasteiger partial charge in [-0.2, -0.15) is 0 Å². The van der Waals surface area contributed by atoms with Crippen molar-refractivity contribution in [3.05, 3.63) is 120 Å². The molecule has 4 rings (SSSR count). The molecule has 0 unspecified atom stereocenters. The van der Waals surface area contributed by atoms with E-state index < -0.39 is 5.60 Å². The van der Waals surface area contributed by atoms with E-state index in [9.17, 15) is 0 Å². The van der Waals surface area contributed by atoms with Crippen molar-refractivity contribution in [1.29, 1.82) is 0 Å². The number of pyridine rings is 1. The van der Waals surface area contributed by atoms with Crippen LogP contribution in [-0.2, 0) is 10.3 Å². The maximum Gasteiger partial charge on any atom is 0.143 e. The molecule has 4 nitrogen and oxygen atoms in total. The Morgan fingerprint density at radius 1 is 0.686 bits per heavy atom. The van der Waals surface area contributed by atoms with Crippen LogP contribution in [0.2, 0.25) is 0 Å². The molecule has 0 radical (unpaired) electrons. The maximum absolute atomic E-state index is 6.87. The van der Waals surface area contributed by atoms with Gasteiger partial charge in [-0.05, 0) is 70.3 Å². The van der Waals surface area contributed by atoms with Gasteiger partial charge in [-0.3, -0.25) is 0 Å². The minimum Gasteiger partial charge on any atom is -0.497 e. The van der Waals surface area contributed by atoms with Gasteiger partial charge in [0.25, 0.3) is 0 Å². The highest BCUT2D eigenvalue weighted by atomic mass is 33.1. The molecule has 1 heterocycles. The molecule has 4 aromatic rings. The molecule has 0 amide bonds. The van der Waals surface area contributed by atoms with E-state index >= 15 is 0 Å². The first-order chi connectivity index (χ1) is 17.3. The zero-order valence-corrected chi connectivity index (χ0v) is 21.6. The molecule has 0 N–H and O–H groups in total. The molecular formula is C29H29NO3S2. The molecule has 0 atom stereocenters. The lowest BCUT2D eigenvalue weighted by atomic mass is 9.80. The topological polar surface area (TPSA) is 40.6 Å². The van der Waals surface area contributed by atoms with E-state index in [1.807, 2.05) is 54.7 Å². The number of aromatic nitrogens is 1. The van der Waals surface area contributed by atoms with Crippen LogP contribution in [0.25, 0.3) is 0 Å². The number of rotatable bonds is 12. The van der Waals surface area contributed by atoms with E-state index in [0.717, 1.165) is 45.4 Å². The Kier molecular flexibility index (Phi) is 9.12. The lowest BCUT2D eigenvalue weighted by Crippen LogP contribution is -2.33. The molecule has 6 heteroatoms. The van der Waals surface area contributed by atoms with Crippen molar-refractivity contribution in [1.82, 2.24) is 4.98 Å². The number of hydrogen-bond donors (Lipinski definition) is 0. The zero-order valence-electron chi connectivity index (χ0n) is 19.9. The largest absolute Gasteiger partial charge is 0.497 e. The first-order valence-electron chi connectivity index (χ1n) is 11.5. The molecule has 0 spiro atoms. The monoisotopic (exact) mass is 503 g/mol. The number of nitrogens with zero attached hydrogens (tertiary/aromatic N) is 1. The summed E-state index contributed by atoms with van der Waals surface area (Å²) in [7, 11) is 6.85. The smallest absolute Gasteiger partial charge is 0.143 e. The van der Waals surface area contributed by atoms with E-state index in [4.69, 9.17) is 14.2 Å². The number of benzene rings is 3. The lowest BCUT2D eigenvalue weighted by molar-refractivity contribution is 0.0137.